The average Bonchev–Trinajstić information content (AvgIpc) is 2.50. The van der Waals surface area contributed by atoms with Crippen LogP contribution in [0.25, 0.3) is 0 Å². The maximum Gasteiger partial charge on any atom is 0.220 e. The molecule has 1 amide bonds. The van der Waals surface area contributed by atoms with E-state index in [1.807, 2.05) is 0 Å². The predicted molar refractivity (Wildman–Crippen MR) is 87.1 cm³/mol. The summed E-state index contributed by atoms with van der Waals surface area (Å²) in [5, 5.41) is 6.33. The lowest BCUT2D eigenvalue weighted by Gasteiger charge is -2.33. The SMILES string of the molecule is CC(C)C(C)CC(=O)NC1CNCCC1c1ccc(F)c(F)c1. The molecule has 1 saturated heterocycles. The summed E-state index contributed by atoms with van der Waals surface area (Å²) in [4.78, 5) is 12.3. The van der Waals surface area contributed by atoms with E-state index in [9.17, 15) is 13.6 Å². The zero-order valence-corrected chi connectivity index (χ0v) is 14.0. The lowest BCUT2D eigenvalue weighted by Crippen LogP contribution is -2.50. The van der Waals surface area contributed by atoms with Crippen molar-refractivity contribution < 1.29 is 13.6 Å². The van der Waals surface area contributed by atoms with Crippen LogP contribution in [0.15, 0.2) is 18.2 Å². The van der Waals surface area contributed by atoms with E-state index in [1.54, 1.807) is 6.07 Å². The van der Waals surface area contributed by atoms with Crippen LogP contribution >= 0.6 is 0 Å². The van der Waals surface area contributed by atoms with Crippen LogP contribution in [-0.4, -0.2) is 25.0 Å². The molecule has 1 aromatic carbocycles. The summed E-state index contributed by atoms with van der Waals surface area (Å²) in [5.74, 6) is -0.883. The Morgan fingerprint density at radius 1 is 1.30 bits per heavy atom. The Kier molecular flexibility index (Phi) is 6.10. The number of hydrogen-bond donors (Lipinski definition) is 2. The Labute approximate surface area is 136 Å². The lowest BCUT2D eigenvalue weighted by atomic mass is 9.85. The molecule has 5 heteroatoms. The Balaban J connectivity index is 2.06. The van der Waals surface area contributed by atoms with Crippen molar-refractivity contribution in [2.45, 2.75) is 45.6 Å². The van der Waals surface area contributed by atoms with Crippen LogP contribution < -0.4 is 10.6 Å². The summed E-state index contributed by atoms with van der Waals surface area (Å²) in [6.07, 6.45) is 1.27. The van der Waals surface area contributed by atoms with Crippen LogP contribution in [0, 0.1) is 23.5 Å². The minimum atomic E-state index is -0.839. The van der Waals surface area contributed by atoms with Gasteiger partial charge in [-0.2, -0.15) is 0 Å². The van der Waals surface area contributed by atoms with Gasteiger partial charge in [0.2, 0.25) is 5.91 Å². The molecule has 23 heavy (non-hydrogen) atoms. The summed E-state index contributed by atoms with van der Waals surface area (Å²) >= 11 is 0. The van der Waals surface area contributed by atoms with E-state index in [4.69, 9.17) is 0 Å². The quantitative estimate of drug-likeness (QED) is 0.873. The number of rotatable bonds is 5. The van der Waals surface area contributed by atoms with Gasteiger partial charge < -0.3 is 10.6 Å². The molecule has 0 aromatic heterocycles. The molecular formula is C18H26F2N2O. The number of benzene rings is 1. The molecule has 1 aliphatic rings. The van der Waals surface area contributed by atoms with Gasteiger partial charge in [-0.05, 0) is 42.5 Å². The minimum absolute atomic E-state index is 0.00431. The molecule has 3 unspecified atom stereocenters. The van der Waals surface area contributed by atoms with Gasteiger partial charge in [0.05, 0.1) is 0 Å². The zero-order valence-electron chi connectivity index (χ0n) is 14.0. The van der Waals surface area contributed by atoms with Crippen LogP contribution in [0.1, 0.15) is 45.1 Å². The number of carbonyl (C=O) groups is 1. The topological polar surface area (TPSA) is 41.1 Å². The Morgan fingerprint density at radius 3 is 2.70 bits per heavy atom. The predicted octanol–water partition coefficient (Wildman–Crippen LogP) is 3.21. The Morgan fingerprint density at radius 2 is 2.04 bits per heavy atom. The van der Waals surface area contributed by atoms with Crippen molar-refractivity contribution in [3.05, 3.63) is 35.4 Å². The van der Waals surface area contributed by atoms with Gasteiger partial charge in [-0.25, -0.2) is 8.78 Å². The van der Waals surface area contributed by atoms with Gasteiger partial charge in [-0.1, -0.05) is 26.8 Å². The molecule has 128 valence electrons. The van der Waals surface area contributed by atoms with Crippen molar-refractivity contribution in [1.29, 1.82) is 0 Å². The molecule has 0 spiro atoms. The van der Waals surface area contributed by atoms with E-state index >= 15 is 0 Å². The van der Waals surface area contributed by atoms with Crippen LogP contribution in [0.5, 0.6) is 0 Å². The Hall–Kier alpha value is -1.49. The number of hydrogen-bond acceptors (Lipinski definition) is 2. The fraction of sp³-hybridized carbons (Fsp3) is 0.611. The van der Waals surface area contributed by atoms with Crippen molar-refractivity contribution in [1.82, 2.24) is 10.6 Å². The third-order valence-corrected chi connectivity index (χ3v) is 4.85. The third-order valence-electron chi connectivity index (χ3n) is 4.85. The molecule has 1 fully saturated rings. The number of carbonyl (C=O) groups excluding carboxylic acids is 1. The van der Waals surface area contributed by atoms with Gasteiger partial charge in [-0.15, -0.1) is 0 Å². The molecule has 0 aliphatic carbocycles. The molecule has 2 rings (SSSR count). The fourth-order valence-electron chi connectivity index (χ4n) is 2.95. The van der Waals surface area contributed by atoms with Crippen LogP contribution in [0.3, 0.4) is 0 Å². The molecule has 1 heterocycles. The van der Waals surface area contributed by atoms with Crippen LogP contribution in [-0.2, 0) is 4.79 Å². The first-order valence-corrected chi connectivity index (χ1v) is 8.33. The second-order valence-corrected chi connectivity index (χ2v) is 6.87. The van der Waals surface area contributed by atoms with Gasteiger partial charge in [0.15, 0.2) is 11.6 Å². The number of nitrogens with one attached hydrogen (secondary N) is 2. The average molecular weight is 324 g/mol. The monoisotopic (exact) mass is 324 g/mol. The van der Waals surface area contributed by atoms with Crippen LogP contribution in [0.4, 0.5) is 8.78 Å². The normalized spacial score (nSPS) is 22.9. The van der Waals surface area contributed by atoms with E-state index in [0.29, 0.717) is 24.8 Å². The van der Waals surface area contributed by atoms with E-state index < -0.39 is 11.6 Å². The van der Waals surface area contributed by atoms with Gasteiger partial charge >= 0.3 is 0 Å². The van der Waals surface area contributed by atoms with Gasteiger partial charge in [0.1, 0.15) is 0 Å². The molecule has 0 radical (unpaired) electrons. The van der Waals surface area contributed by atoms with Crippen molar-refractivity contribution in [3.8, 4) is 0 Å². The summed E-state index contributed by atoms with van der Waals surface area (Å²) in [6, 6.07) is 3.93. The molecule has 1 aliphatic heterocycles. The number of amides is 1. The highest BCUT2D eigenvalue weighted by Crippen LogP contribution is 2.27. The zero-order chi connectivity index (χ0) is 17.0. The largest absolute Gasteiger partial charge is 0.351 e. The maximum atomic E-state index is 13.5. The lowest BCUT2D eigenvalue weighted by molar-refractivity contribution is -0.123. The van der Waals surface area contributed by atoms with Gasteiger partial charge in [0, 0.05) is 24.9 Å². The van der Waals surface area contributed by atoms with Crippen molar-refractivity contribution in [2.75, 3.05) is 13.1 Å². The molecule has 2 N–H and O–H groups in total. The van der Waals surface area contributed by atoms with Crippen molar-refractivity contribution in [2.24, 2.45) is 11.8 Å². The second kappa shape index (κ2) is 7.86. The minimum Gasteiger partial charge on any atom is -0.351 e. The third kappa shape index (κ3) is 4.74. The first kappa shape index (κ1) is 17.9. The first-order chi connectivity index (χ1) is 10.9. The smallest absolute Gasteiger partial charge is 0.220 e. The van der Waals surface area contributed by atoms with E-state index in [0.717, 1.165) is 24.6 Å². The summed E-state index contributed by atoms with van der Waals surface area (Å²) in [5.41, 5.74) is 0.743. The highest BCUT2D eigenvalue weighted by molar-refractivity contribution is 5.76. The van der Waals surface area contributed by atoms with Gasteiger partial charge in [-0.3, -0.25) is 4.79 Å². The van der Waals surface area contributed by atoms with Crippen LogP contribution in [0.2, 0.25) is 0 Å². The highest BCUT2D eigenvalue weighted by atomic mass is 19.2. The summed E-state index contributed by atoms with van der Waals surface area (Å²) in [7, 11) is 0. The fourth-order valence-corrected chi connectivity index (χ4v) is 2.95. The second-order valence-electron chi connectivity index (χ2n) is 6.87. The number of halogens is 2. The van der Waals surface area contributed by atoms with Gasteiger partial charge in [0.25, 0.3) is 0 Å². The highest BCUT2D eigenvalue weighted by Gasteiger charge is 2.28. The maximum absolute atomic E-state index is 13.5. The molecule has 0 bridgehead atoms. The summed E-state index contributed by atoms with van der Waals surface area (Å²) in [6.45, 7) is 7.72. The standard InChI is InChI=1S/C18H26F2N2O/c1-11(2)12(3)8-18(23)22-17-10-21-7-6-14(17)13-4-5-15(19)16(20)9-13/h4-5,9,11-12,14,17,21H,6-8,10H2,1-3H3,(H,22,23). The molecule has 0 saturated carbocycles. The number of piperidine rings is 1. The Bertz CT molecular complexity index is 548. The molecule has 3 atom stereocenters. The van der Waals surface area contributed by atoms with E-state index in [1.165, 1.54) is 6.07 Å². The summed E-state index contributed by atoms with van der Waals surface area (Å²) < 4.78 is 26.6. The molecular weight excluding hydrogens is 298 g/mol. The van der Waals surface area contributed by atoms with E-state index in [2.05, 4.69) is 31.4 Å². The van der Waals surface area contributed by atoms with Crippen molar-refractivity contribution >= 4 is 5.91 Å². The molecule has 1 aromatic rings. The first-order valence-electron chi connectivity index (χ1n) is 8.33. The van der Waals surface area contributed by atoms with E-state index in [-0.39, 0.29) is 17.9 Å². The molecule has 3 nitrogen and oxygen atoms in total. The van der Waals surface area contributed by atoms with Crippen molar-refractivity contribution in [3.63, 3.8) is 0 Å².